The summed E-state index contributed by atoms with van der Waals surface area (Å²) in [5.74, 6) is 0. The Balaban J connectivity index is 1.46. The third-order valence-corrected chi connectivity index (χ3v) is 5.95. The van der Waals surface area contributed by atoms with Crippen LogP contribution in [0.5, 0.6) is 0 Å². The number of urea groups is 1. The molecule has 0 atom stereocenters. The highest BCUT2D eigenvalue weighted by atomic mass is 16.4. The summed E-state index contributed by atoms with van der Waals surface area (Å²) in [5.41, 5.74) is 10.2. The predicted molar refractivity (Wildman–Crippen MR) is 127 cm³/mol. The van der Waals surface area contributed by atoms with Crippen LogP contribution in [0, 0.1) is 6.92 Å². The minimum absolute atomic E-state index is 0.204. The van der Waals surface area contributed by atoms with E-state index in [1.54, 1.807) is 4.90 Å². The van der Waals surface area contributed by atoms with Gasteiger partial charge in [0.25, 0.3) is 0 Å². The lowest BCUT2D eigenvalue weighted by Gasteiger charge is -2.35. The number of carbonyl (C=O) groups is 2. The molecule has 0 aliphatic carbocycles. The summed E-state index contributed by atoms with van der Waals surface area (Å²) in [7, 11) is 0. The average Bonchev–Trinajstić information content (AvgIpc) is 2.79. The number of rotatable bonds is 8. The lowest BCUT2D eigenvalue weighted by molar-refractivity contribution is 0.121. The highest BCUT2D eigenvalue weighted by molar-refractivity contribution is 5.90. The monoisotopic (exact) mass is 438 g/mol. The maximum Gasteiger partial charge on any atom is 0.415 e. The molecule has 1 saturated heterocycles. The van der Waals surface area contributed by atoms with Crippen LogP contribution in [-0.4, -0.2) is 59.3 Å². The molecule has 3 rings (SSSR count). The molecule has 4 N–H and O–H groups in total. The normalized spacial score (nSPS) is 14.2. The number of hydrogen-bond donors (Lipinski definition) is 3. The van der Waals surface area contributed by atoms with E-state index in [4.69, 9.17) is 5.73 Å². The van der Waals surface area contributed by atoms with Gasteiger partial charge in [-0.15, -0.1) is 0 Å². The molecule has 7 heteroatoms. The van der Waals surface area contributed by atoms with Gasteiger partial charge in [-0.3, -0.25) is 0 Å². The minimum atomic E-state index is -1.18. The number of hydrogen-bond acceptors (Lipinski definition) is 4. The number of amides is 3. The smallest absolute Gasteiger partial charge is 0.415 e. The number of imide groups is 1. The van der Waals surface area contributed by atoms with E-state index in [9.17, 15) is 14.7 Å². The molecule has 2 aromatic rings. The van der Waals surface area contributed by atoms with Crippen molar-refractivity contribution in [3.63, 3.8) is 0 Å². The average molecular weight is 439 g/mol. The van der Waals surface area contributed by atoms with Gasteiger partial charge in [-0.25, -0.2) is 14.5 Å². The van der Waals surface area contributed by atoms with Gasteiger partial charge in [0.05, 0.1) is 0 Å². The molecular weight excluding hydrogens is 404 g/mol. The van der Waals surface area contributed by atoms with Gasteiger partial charge >= 0.3 is 12.1 Å². The molecule has 7 nitrogen and oxygen atoms in total. The second-order valence-electron chi connectivity index (χ2n) is 8.45. The summed E-state index contributed by atoms with van der Waals surface area (Å²) in [6.45, 7) is 3.97. The largest absolute Gasteiger partial charge is 0.465 e. The fourth-order valence-corrected chi connectivity index (χ4v) is 4.02. The first-order valence-corrected chi connectivity index (χ1v) is 11.4. The van der Waals surface area contributed by atoms with Gasteiger partial charge in [0.1, 0.15) is 0 Å². The van der Waals surface area contributed by atoms with Crippen molar-refractivity contribution < 1.29 is 14.7 Å². The molecule has 0 radical (unpaired) electrons. The van der Waals surface area contributed by atoms with E-state index in [-0.39, 0.29) is 12.6 Å². The Kier molecular flexibility index (Phi) is 8.50. The van der Waals surface area contributed by atoms with E-state index in [0.29, 0.717) is 26.1 Å². The number of likely N-dealkylation sites (tertiary alicyclic amines) is 1. The van der Waals surface area contributed by atoms with Crippen molar-refractivity contribution >= 4 is 17.8 Å². The van der Waals surface area contributed by atoms with Crippen LogP contribution in [-0.2, 0) is 12.8 Å². The molecular formula is C25H34N4O3. The molecule has 1 aliphatic rings. The van der Waals surface area contributed by atoms with Crippen molar-refractivity contribution in [2.24, 2.45) is 5.73 Å². The molecule has 32 heavy (non-hydrogen) atoms. The lowest BCUT2D eigenvalue weighted by Crippen LogP contribution is -2.50. The van der Waals surface area contributed by atoms with Crippen LogP contribution in [0.15, 0.2) is 48.5 Å². The number of benzene rings is 2. The molecule has 0 saturated carbocycles. The quantitative estimate of drug-likeness (QED) is 0.576. The van der Waals surface area contributed by atoms with Gasteiger partial charge in [0, 0.05) is 31.4 Å². The van der Waals surface area contributed by atoms with Gasteiger partial charge in [0.15, 0.2) is 0 Å². The SMILES string of the molecule is Cc1ccc(CCCN(C(=O)O)C(=O)N2CCC(Nc3ccc(CCN)cc3)CC2)cc1. The first kappa shape index (κ1) is 23.6. The van der Waals surface area contributed by atoms with E-state index < -0.39 is 12.1 Å². The predicted octanol–water partition coefficient (Wildman–Crippen LogP) is 4.11. The number of nitrogens with two attached hydrogens (primary N) is 1. The number of piperidine rings is 1. The maximum atomic E-state index is 12.8. The number of aryl methyl sites for hydroxylation is 2. The molecule has 1 aliphatic heterocycles. The maximum absolute atomic E-state index is 12.8. The Bertz CT molecular complexity index is 875. The zero-order chi connectivity index (χ0) is 22.9. The summed E-state index contributed by atoms with van der Waals surface area (Å²) >= 11 is 0. The van der Waals surface area contributed by atoms with Crippen LogP contribution in [0.3, 0.4) is 0 Å². The second-order valence-corrected chi connectivity index (χ2v) is 8.45. The van der Waals surface area contributed by atoms with Gasteiger partial charge in [-0.05, 0) is 68.8 Å². The van der Waals surface area contributed by atoms with Gasteiger partial charge < -0.3 is 21.1 Å². The van der Waals surface area contributed by atoms with Gasteiger partial charge in [-0.1, -0.05) is 42.0 Å². The summed E-state index contributed by atoms with van der Waals surface area (Å²) in [5, 5.41) is 13.1. The minimum Gasteiger partial charge on any atom is -0.465 e. The summed E-state index contributed by atoms with van der Waals surface area (Å²) < 4.78 is 0. The highest BCUT2D eigenvalue weighted by Crippen LogP contribution is 2.19. The first-order chi connectivity index (χ1) is 15.5. The fourth-order valence-electron chi connectivity index (χ4n) is 4.02. The number of carbonyl (C=O) groups excluding carboxylic acids is 1. The van der Waals surface area contributed by atoms with Crippen LogP contribution in [0.25, 0.3) is 0 Å². The number of nitrogens with one attached hydrogen (secondary N) is 1. The molecule has 2 aromatic carbocycles. The van der Waals surface area contributed by atoms with Crippen molar-refractivity contribution in [2.75, 3.05) is 31.5 Å². The molecule has 1 heterocycles. The standard InChI is InChI=1S/C25H34N4O3/c1-19-4-6-20(7-5-19)3-2-16-29(25(31)32)24(30)28-17-13-23(14-18-28)27-22-10-8-21(9-11-22)12-15-26/h4-11,23,27H,2-3,12-18,26H2,1H3,(H,31,32). The number of nitrogens with zero attached hydrogens (tertiary/aromatic N) is 2. The van der Waals surface area contributed by atoms with Crippen molar-refractivity contribution in [3.8, 4) is 0 Å². The molecule has 0 spiro atoms. The summed E-state index contributed by atoms with van der Waals surface area (Å²) in [4.78, 5) is 27.2. The van der Waals surface area contributed by atoms with Crippen LogP contribution >= 0.6 is 0 Å². The number of anilines is 1. The third-order valence-electron chi connectivity index (χ3n) is 5.95. The van der Waals surface area contributed by atoms with Gasteiger partial charge in [0.2, 0.25) is 0 Å². The summed E-state index contributed by atoms with van der Waals surface area (Å²) in [6.07, 6.45) is 2.61. The Morgan fingerprint density at radius 1 is 1.03 bits per heavy atom. The van der Waals surface area contributed by atoms with Gasteiger partial charge in [-0.2, -0.15) is 0 Å². The molecule has 3 amide bonds. The molecule has 0 unspecified atom stereocenters. The molecule has 172 valence electrons. The van der Waals surface area contributed by atoms with E-state index in [2.05, 4.69) is 29.6 Å². The van der Waals surface area contributed by atoms with Crippen molar-refractivity contribution in [1.29, 1.82) is 0 Å². The fraction of sp³-hybridized carbons (Fsp3) is 0.440. The van der Waals surface area contributed by atoms with Crippen LogP contribution in [0.2, 0.25) is 0 Å². The molecule has 0 bridgehead atoms. The van der Waals surface area contributed by atoms with Crippen LogP contribution in [0.4, 0.5) is 15.3 Å². The van der Waals surface area contributed by atoms with Crippen molar-refractivity contribution in [2.45, 2.75) is 45.1 Å². The van der Waals surface area contributed by atoms with Crippen molar-refractivity contribution in [1.82, 2.24) is 9.80 Å². The van der Waals surface area contributed by atoms with Crippen molar-refractivity contribution in [3.05, 3.63) is 65.2 Å². The topological polar surface area (TPSA) is 98.9 Å². The third kappa shape index (κ3) is 6.72. The lowest BCUT2D eigenvalue weighted by atomic mass is 10.0. The Labute approximate surface area is 190 Å². The van der Waals surface area contributed by atoms with Crippen LogP contribution < -0.4 is 11.1 Å². The number of carboxylic acid groups (broad SMARTS) is 1. The second kappa shape index (κ2) is 11.5. The Morgan fingerprint density at radius 3 is 2.22 bits per heavy atom. The summed E-state index contributed by atoms with van der Waals surface area (Å²) in [6, 6.07) is 16.3. The first-order valence-electron chi connectivity index (χ1n) is 11.4. The molecule has 0 aromatic heterocycles. The zero-order valence-corrected chi connectivity index (χ0v) is 18.8. The Morgan fingerprint density at radius 2 is 1.62 bits per heavy atom. The van der Waals surface area contributed by atoms with Crippen LogP contribution in [0.1, 0.15) is 36.0 Å². The molecule has 1 fully saturated rings. The zero-order valence-electron chi connectivity index (χ0n) is 18.8. The van der Waals surface area contributed by atoms with E-state index in [1.165, 1.54) is 11.1 Å². The van der Waals surface area contributed by atoms with E-state index >= 15 is 0 Å². The van der Waals surface area contributed by atoms with E-state index in [0.717, 1.165) is 41.8 Å². The Hall–Kier alpha value is -3.06. The van der Waals surface area contributed by atoms with E-state index in [1.807, 2.05) is 31.2 Å². The highest BCUT2D eigenvalue weighted by Gasteiger charge is 2.29.